The zero-order chi connectivity index (χ0) is 8.69. The molecule has 0 fully saturated rings. The van der Waals surface area contributed by atoms with Crippen LogP contribution < -0.4 is 5.73 Å². The van der Waals surface area contributed by atoms with E-state index < -0.39 is 0 Å². The number of carbonyl (C=O) groups excluding carboxylic acids is 1. The maximum absolute atomic E-state index is 11.0. The number of likely N-dealkylation sites (N-methyl/N-ethyl adjacent to an activating group) is 1. The molecular formula is C7H16N2O2. The summed E-state index contributed by atoms with van der Waals surface area (Å²) >= 11 is 0. The molecule has 1 amide bonds. The third kappa shape index (κ3) is 3.95. The predicted molar refractivity (Wildman–Crippen MR) is 43.0 cm³/mol. The van der Waals surface area contributed by atoms with Crippen LogP contribution in [-0.2, 0) is 4.79 Å². The van der Waals surface area contributed by atoms with Gasteiger partial charge in [-0.1, -0.05) is 0 Å². The normalized spacial score (nSPS) is 9.73. The molecule has 0 saturated carbocycles. The van der Waals surface area contributed by atoms with Gasteiger partial charge in [-0.2, -0.15) is 0 Å². The molecule has 0 saturated heterocycles. The van der Waals surface area contributed by atoms with Crippen molar-refractivity contribution in [3.8, 4) is 0 Å². The molecule has 0 bridgehead atoms. The van der Waals surface area contributed by atoms with Crippen LogP contribution in [-0.4, -0.2) is 42.2 Å². The van der Waals surface area contributed by atoms with Crippen molar-refractivity contribution < 1.29 is 9.90 Å². The van der Waals surface area contributed by atoms with Crippen LogP contribution in [0.1, 0.15) is 13.3 Å². The molecule has 0 aliphatic carbocycles. The van der Waals surface area contributed by atoms with Gasteiger partial charge in [-0.25, -0.2) is 0 Å². The smallest absolute Gasteiger partial charge is 0.236 e. The van der Waals surface area contributed by atoms with E-state index in [1.54, 1.807) is 4.90 Å². The SMILES string of the molecule is CCN(CCCO)C(=O)CN. The van der Waals surface area contributed by atoms with Crippen LogP contribution in [0.2, 0.25) is 0 Å². The van der Waals surface area contributed by atoms with Gasteiger partial charge in [0.2, 0.25) is 5.91 Å². The van der Waals surface area contributed by atoms with Crippen LogP contribution in [0, 0.1) is 0 Å². The Balaban J connectivity index is 3.65. The Labute approximate surface area is 67.0 Å². The molecule has 0 aromatic carbocycles. The minimum atomic E-state index is -0.0547. The standard InChI is InChI=1S/C7H16N2O2/c1-2-9(4-3-5-10)7(11)6-8/h10H,2-6,8H2,1H3. The highest BCUT2D eigenvalue weighted by molar-refractivity contribution is 5.77. The molecule has 11 heavy (non-hydrogen) atoms. The highest BCUT2D eigenvalue weighted by atomic mass is 16.3. The summed E-state index contributed by atoms with van der Waals surface area (Å²) in [7, 11) is 0. The maximum Gasteiger partial charge on any atom is 0.236 e. The summed E-state index contributed by atoms with van der Waals surface area (Å²) in [6.07, 6.45) is 0.625. The maximum atomic E-state index is 11.0. The van der Waals surface area contributed by atoms with Crippen molar-refractivity contribution in [3.63, 3.8) is 0 Å². The van der Waals surface area contributed by atoms with E-state index in [1.807, 2.05) is 6.92 Å². The van der Waals surface area contributed by atoms with Gasteiger partial charge in [-0.15, -0.1) is 0 Å². The van der Waals surface area contributed by atoms with E-state index >= 15 is 0 Å². The Bertz CT molecular complexity index is 117. The molecule has 0 aromatic heterocycles. The van der Waals surface area contributed by atoms with Crippen LogP contribution >= 0.6 is 0 Å². The Morgan fingerprint density at radius 2 is 2.27 bits per heavy atom. The number of aliphatic hydroxyl groups excluding tert-OH is 1. The summed E-state index contributed by atoms with van der Waals surface area (Å²) in [5.41, 5.74) is 5.17. The molecule has 4 heteroatoms. The second kappa shape index (κ2) is 6.12. The van der Waals surface area contributed by atoms with Crippen molar-refractivity contribution in [2.24, 2.45) is 5.73 Å². The quantitative estimate of drug-likeness (QED) is 0.552. The van der Waals surface area contributed by atoms with Crippen molar-refractivity contribution in [1.29, 1.82) is 0 Å². The topological polar surface area (TPSA) is 66.6 Å². The van der Waals surface area contributed by atoms with Crippen LogP contribution in [0.15, 0.2) is 0 Å². The summed E-state index contributed by atoms with van der Waals surface area (Å²) in [6, 6.07) is 0. The molecule has 3 N–H and O–H groups in total. The van der Waals surface area contributed by atoms with Crippen molar-refractivity contribution >= 4 is 5.91 Å². The number of nitrogens with two attached hydrogens (primary N) is 1. The molecule has 0 spiro atoms. The third-order valence-electron chi connectivity index (χ3n) is 1.50. The van der Waals surface area contributed by atoms with E-state index in [4.69, 9.17) is 10.8 Å². The summed E-state index contributed by atoms with van der Waals surface area (Å²) in [5.74, 6) is -0.0547. The zero-order valence-electron chi connectivity index (χ0n) is 6.92. The molecule has 0 heterocycles. The van der Waals surface area contributed by atoms with Gasteiger partial charge in [-0.3, -0.25) is 4.79 Å². The van der Waals surface area contributed by atoms with Crippen molar-refractivity contribution in [1.82, 2.24) is 4.90 Å². The number of nitrogens with zero attached hydrogens (tertiary/aromatic N) is 1. The molecule has 0 unspecified atom stereocenters. The minimum absolute atomic E-state index is 0.0547. The summed E-state index contributed by atoms with van der Waals surface area (Å²) in [5, 5.41) is 8.50. The number of rotatable bonds is 5. The first kappa shape index (κ1) is 10.4. The highest BCUT2D eigenvalue weighted by Gasteiger charge is 2.07. The largest absolute Gasteiger partial charge is 0.396 e. The molecule has 0 radical (unpaired) electrons. The Morgan fingerprint density at radius 3 is 2.64 bits per heavy atom. The fraction of sp³-hybridized carbons (Fsp3) is 0.857. The van der Waals surface area contributed by atoms with Crippen LogP contribution in [0.3, 0.4) is 0 Å². The molecule has 0 atom stereocenters. The summed E-state index contributed by atoms with van der Waals surface area (Å²) < 4.78 is 0. The molecule has 4 nitrogen and oxygen atoms in total. The number of carbonyl (C=O) groups is 1. The monoisotopic (exact) mass is 160 g/mol. The Kier molecular flexibility index (Phi) is 5.78. The van der Waals surface area contributed by atoms with Gasteiger partial charge >= 0.3 is 0 Å². The molecule has 0 aliphatic heterocycles. The fourth-order valence-corrected chi connectivity index (χ4v) is 0.850. The predicted octanol–water partition coefficient (Wildman–Crippen LogP) is -0.824. The van der Waals surface area contributed by atoms with Gasteiger partial charge in [0.1, 0.15) is 0 Å². The first-order valence-electron chi connectivity index (χ1n) is 3.85. The van der Waals surface area contributed by atoms with Crippen molar-refractivity contribution in [2.75, 3.05) is 26.2 Å². The number of amides is 1. The van der Waals surface area contributed by atoms with Gasteiger partial charge < -0.3 is 15.7 Å². The highest BCUT2D eigenvalue weighted by Crippen LogP contribution is 1.90. The van der Waals surface area contributed by atoms with Crippen molar-refractivity contribution in [3.05, 3.63) is 0 Å². The first-order chi connectivity index (χ1) is 5.26. The van der Waals surface area contributed by atoms with E-state index in [-0.39, 0.29) is 19.1 Å². The lowest BCUT2D eigenvalue weighted by Gasteiger charge is -2.18. The number of hydrogen-bond donors (Lipinski definition) is 2. The lowest BCUT2D eigenvalue weighted by molar-refractivity contribution is -0.129. The third-order valence-corrected chi connectivity index (χ3v) is 1.50. The van der Waals surface area contributed by atoms with E-state index in [2.05, 4.69) is 0 Å². The van der Waals surface area contributed by atoms with Gasteiger partial charge in [0.05, 0.1) is 6.54 Å². The summed E-state index contributed by atoms with van der Waals surface area (Å²) in [6.45, 7) is 3.33. The average Bonchev–Trinajstić information content (AvgIpc) is 2.05. The second-order valence-electron chi connectivity index (χ2n) is 2.25. The number of hydrogen-bond acceptors (Lipinski definition) is 3. The first-order valence-corrected chi connectivity index (χ1v) is 3.85. The lowest BCUT2D eigenvalue weighted by atomic mass is 10.4. The fourth-order valence-electron chi connectivity index (χ4n) is 0.850. The molecule has 0 aromatic rings. The van der Waals surface area contributed by atoms with Gasteiger partial charge in [0, 0.05) is 19.7 Å². The second-order valence-corrected chi connectivity index (χ2v) is 2.25. The van der Waals surface area contributed by atoms with Crippen LogP contribution in [0.5, 0.6) is 0 Å². The lowest BCUT2D eigenvalue weighted by Crippen LogP contribution is -2.36. The molecule has 0 rings (SSSR count). The van der Waals surface area contributed by atoms with Crippen LogP contribution in [0.25, 0.3) is 0 Å². The number of aliphatic hydroxyl groups is 1. The van der Waals surface area contributed by atoms with Gasteiger partial charge in [0.25, 0.3) is 0 Å². The Morgan fingerprint density at radius 1 is 1.64 bits per heavy atom. The Hall–Kier alpha value is -0.610. The minimum Gasteiger partial charge on any atom is -0.396 e. The van der Waals surface area contributed by atoms with E-state index in [0.29, 0.717) is 19.5 Å². The van der Waals surface area contributed by atoms with Crippen LogP contribution in [0.4, 0.5) is 0 Å². The van der Waals surface area contributed by atoms with E-state index in [1.165, 1.54) is 0 Å². The summed E-state index contributed by atoms with van der Waals surface area (Å²) in [4.78, 5) is 12.6. The average molecular weight is 160 g/mol. The van der Waals surface area contributed by atoms with Crippen molar-refractivity contribution in [2.45, 2.75) is 13.3 Å². The van der Waals surface area contributed by atoms with E-state index in [0.717, 1.165) is 0 Å². The van der Waals surface area contributed by atoms with E-state index in [9.17, 15) is 4.79 Å². The zero-order valence-corrected chi connectivity index (χ0v) is 6.92. The molecule has 0 aliphatic rings. The molecular weight excluding hydrogens is 144 g/mol. The molecule has 66 valence electrons. The van der Waals surface area contributed by atoms with Gasteiger partial charge in [-0.05, 0) is 13.3 Å². The van der Waals surface area contributed by atoms with Gasteiger partial charge in [0.15, 0.2) is 0 Å².